The monoisotopic (exact) mass is 303 g/mol. The number of amides is 1. The number of rotatable bonds is 5. The number of benzene rings is 1. The van der Waals surface area contributed by atoms with Gasteiger partial charge in [-0.15, -0.1) is 11.6 Å². The molecule has 3 rings (SSSR count). The van der Waals surface area contributed by atoms with Gasteiger partial charge in [0.25, 0.3) is 5.91 Å². The van der Waals surface area contributed by atoms with E-state index in [1.807, 2.05) is 48.2 Å². The summed E-state index contributed by atoms with van der Waals surface area (Å²) in [6.45, 7) is 2.44. The Hall–Kier alpha value is -1.74. The Morgan fingerprint density at radius 3 is 2.76 bits per heavy atom. The predicted octanol–water partition coefficient (Wildman–Crippen LogP) is 4.13. The molecule has 1 aromatic heterocycles. The fourth-order valence-corrected chi connectivity index (χ4v) is 2.61. The smallest absolute Gasteiger partial charge is 0.254 e. The van der Waals surface area contributed by atoms with E-state index >= 15 is 0 Å². The molecular formula is C17H18ClNO2. The van der Waals surface area contributed by atoms with Crippen LogP contribution in [-0.4, -0.2) is 16.8 Å². The first-order valence-corrected chi connectivity index (χ1v) is 7.72. The summed E-state index contributed by atoms with van der Waals surface area (Å²) in [6, 6.07) is 11.7. The van der Waals surface area contributed by atoms with E-state index in [0.717, 1.165) is 29.9 Å². The lowest BCUT2D eigenvalue weighted by atomic mass is 10.1. The second-order valence-electron chi connectivity index (χ2n) is 5.51. The fourth-order valence-electron chi connectivity index (χ4n) is 2.44. The first kappa shape index (κ1) is 14.2. The molecule has 0 unspecified atom stereocenters. The highest BCUT2D eigenvalue weighted by Crippen LogP contribution is 2.30. The molecule has 2 aromatic rings. The van der Waals surface area contributed by atoms with E-state index in [1.165, 1.54) is 0 Å². The van der Waals surface area contributed by atoms with Gasteiger partial charge in [0.1, 0.15) is 11.5 Å². The Bertz CT molecular complexity index is 646. The van der Waals surface area contributed by atoms with Crippen molar-refractivity contribution < 1.29 is 9.21 Å². The van der Waals surface area contributed by atoms with Crippen LogP contribution in [0.3, 0.4) is 0 Å². The average Bonchev–Trinajstić information content (AvgIpc) is 3.27. The van der Waals surface area contributed by atoms with E-state index in [0.29, 0.717) is 24.0 Å². The number of aryl methyl sites for hydroxylation is 1. The van der Waals surface area contributed by atoms with Crippen LogP contribution in [0.4, 0.5) is 0 Å². The summed E-state index contributed by atoms with van der Waals surface area (Å²) in [4.78, 5) is 14.7. The maximum Gasteiger partial charge on any atom is 0.254 e. The molecule has 1 aliphatic carbocycles. The molecule has 0 atom stereocenters. The molecule has 1 amide bonds. The predicted molar refractivity (Wildman–Crippen MR) is 82.3 cm³/mol. The molecule has 110 valence electrons. The van der Waals surface area contributed by atoms with Gasteiger partial charge in [0.2, 0.25) is 0 Å². The SMILES string of the molecule is Cc1ccc(CN(C(=O)c2cccc(CCl)c2)C2CC2)o1. The van der Waals surface area contributed by atoms with Gasteiger partial charge in [-0.3, -0.25) is 4.79 Å². The first-order chi connectivity index (χ1) is 10.2. The van der Waals surface area contributed by atoms with Gasteiger partial charge in [0, 0.05) is 17.5 Å². The summed E-state index contributed by atoms with van der Waals surface area (Å²) in [5, 5.41) is 0. The number of alkyl halides is 1. The standard InChI is InChI=1S/C17H18ClNO2/c1-12-5-8-16(21-12)11-19(15-6-7-15)17(20)14-4-2-3-13(9-14)10-18/h2-5,8-9,15H,6-7,10-11H2,1H3. The van der Waals surface area contributed by atoms with Crippen LogP contribution in [-0.2, 0) is 12.4 Å². The van der Waals surface area contributed by atoms with Crippen LogP contribution in [0, 0.1) is 6.92 Å². The van der Waals surface area contributed by atoms with Crippen molar-refractivity contribution in [1.29, 1.82) is 0 Å². The quantitative estimate of drug-likeness (QED) is 0.778. The third-order valence-corrected chi connectivity index (χ3v) is 4.01. The van der Waals surface area contributed by atoms with Crippen LogP contribution in [0.25, 0.3) is 0 Å². The van der Waals surface area contributed by atoms with Gasteiger partial charge < -0.3 is 9.32 Å². The molecule has 0 N–H and O–H groups in total. The maximum absolute atomic E-state index is 12.7. The molecular weight excluding hydrogens is 286 g/mol. The zero-order valence-electron chi connectivity index (χ0n) is 12.0. The summed E-state index contributed by atoms with van der Waals surface area (Å²) in [7, 11) is 0. The molecule has 21 heavy (non-hydrogen) atoms. The summed E-state index contributed by atoms with van der Waals surface area (Å²) < 4.78 is 5.61. The maximum atomic E-state index is 12.7. The lowest BCUT2D eigenvalue weighted by molar-refractivity contribution is 0.0717. The third kappa shape index (κ3) is 3.30. The number of halogens is 1. The van der Waals surface area contributed by atoms with E-state index in [1.54, 1.807) is 0 Å². The molecule has 1 heterocycles. The second kappa shape index (κ2) is 5.94. The molecule has 1 aromatic carbocycles. The van der Waals surface area contributed by atoms with Gasteiger partial charge in [0.05, 0.1) is 6.54 Å². The van der Waals surface area contributed by atoms with Crippen molar-refractivity contribution in [1.82, 2.24) is 4.90 Å². The Morgan fingerprint density at radius 2 is 2.14 bits per heavy atom. The van der Waals surface area contributed by atoms with Crippen molar-refractivity contribution in [2.75, 3.05) is 0 Å². The van der Waals surface area contributed by atoms with Crippen molar-refractivity contribution in [3.63, 3.8) is 0 Å². The van der Waals surface area contributed by atoms with Gasteiger partial charge >= 0.3 is 0 Å². The average molecular weight is 304 g/mol. The second-order valence-corrected chi connectivity index (χ2v) is 5.78. The zero-order valence-corrected chi connectivity index (χ0v) is 12.8. The molecule has 1 aliphatic rings. The Morgan fingerprint density at radius 1 is 1.33 bits per heavy atom. The van der Waals surface area contributed by atoms with Crippen LogP contribution < -0.4 is 0 Å². The molecule has 0 radical (unpaired) electrons. The molecule has 3 nitrogen and oxygen atoms in total. The van der Waals surface area contributed by atoms with E-state index in [-0.39, 0.29) is 5.91 Å². The fraction of sp³-hybridized carbons (Fsp3) is 0.353. The molecule has 0 saturated heterocycles. The highest BCUT2D eigenvalue weighted by molar-refractivity contribution is 6.17. The van der Waals surface area contributed by atoms with Crippen LogP contribution in [0.15, 0.2) is 40.8 Å². The Balaban J connectivity index is 1.81. The summed E-state index contributed by atoms with van der Waals surface area (Å²) >= 11 is 5.85. The molecule has 0 bridgehead atoms. The first-order valence-electron chi connectivity index (χ1n) is 7.18. The summed E-state index contributed by atoms with van der Waals surface area (Å²) in [5.74, 6) is 2.18. The van der Waals surface area contributed by atoms with Crippen LogP contribution in [0.5, 0.6) is 0 Å². The number of hydrogen-bond acceptors (Lipinski definition) is 2. The van der Waals surface area contributed by atoms with Crippen molar-refractivity contribution in [3.05, 3.63) is 59.0 Å². The van der Waals surface area contributed by atoms with Crippen LogP contribution in [0.1, 0.15) is 40.3 Å². The zero-order chi connectivity index (χ0) is 14.8. The van der Waals surface area contributed by atoms with Gasteiger partial charge in [0.15, 0.2) is 0 Å². The summed E-state index contributed by atoms with van der Waals surface area (Å²) in [6.07, 6.45) is 2.14. The highest BCUT2D eigenvalue weighted by atomic mass is 35.5. The molecule has 1 fully saturated rings. The third-order valence-electron chi connectivity index (χ3n) is 3.70. The topological polar surface area (TPSA) is 33.5 Å². The lowest BCUT2D eigenvalue weighted by Crippen LogP contribution is -2.32. The van der Waals surface area contributed by atoms with Crippen molar-refractivity contribution in [2.45, 2.75) is 38.2 Å². The number of hydrogen-bond donors (Lipinski definition) is 0. The summed E-state index contributed by atoms with van der Waals surface area (Å²) in [5.41, 5.74) is 1.66. The number of furan rings is 1. The minimum Gasteiger partial charge on any atom is -0.464 e. The number of carbonyl (C=O) groups is 1. The van der Waals surface area contributed by atoms with Gasteiger partial charge in [-0.1, -0.05) is 12.1 Å². The molecule has 1 saturated carbocycles. The normalized spacial score (nSPS) is 14.2. The Labute approximate surface area is 129 Å². The number of nitrogens with zero attached hydrogens (tertiary/aromatic N) is 1. The van der Waals surface area contributed by atoms with Gasteiger partial charge in [-0.25, -0.2) is 0 Å². The minimum atomic E-state index is 0.0542. The molecule has 4 heteroatoms. The van der Waals surface area contributed by atoms with E-state index in [9.17, 15) is 4.79 Å². The number of carbonyl (C=O) groups excluding carboxylic acids is 1. The van der Waals surface area contributed by atoms with E-state index < -0.39 is 0 Å². The van der Waals surface area contributed by atoms with Gasteiger partial charge in [-0.05, 0) is 49.6 Å². The van der Waals surface area contributed by atoms with E-state index in [2.05, 4.69) is 0 Å². The van der Waals surface area contributed by atoms with Crippen molar-refractivity contribution in [2.24, 2.45) is 0 Å². The lowest BCUT2D eigenvalue weighted by Gasteiger charge is -2.21. The molecule has 0 spiro atoms. The highest BCUT2D eigenvalue weighted by Gasteiger charge is 2.33. The minimum absolute atomic E-state index is 0.0542. The molecule has 0 aliphatic heterocycles. The van der Waals surface area contributed by atoms with Crippen LogP contribution in [0.2, 0.25) is 0 Å². The van der Waals surface area contributed by atoms with Crippen LogP contribution >= 0.6 is 11.6 Å². The Kier molecular flexibility index (Phi) is 4.02. The van der Waals surface area contributed by atoms with Crippen molar-refractivity contribution in [3.8, 4) is 0 Å². The van der Waals surface area contributed by atoms with Crippen molar-refractivity contribution >= 4 is 17.5 Å². The van der Waals surface area contributed by atoms with E-state index in [4.69, 9.17) is 16.0 Å². The van der Waals surface area contributed by atoms with Gasteiger partial charge in [-0.2, -0.15) is 0 Å². The largest absolute Gasteiger partial charge is 0.464 e.